The molecule has 0 radical (unpaired) electrons. The van der Waals surface area contributed by atoms with Gasteiger partial charge in [0.2, 0.25) is 10.0 Å². The van der Waals surface area contributed by atoms with Crippen molar-refractivity contribution < 1.29 is 8.42 Å². The van der Waals surface area contributed by atoms with Crippen LogP contribution in [0.25, 0.3) is 0 Å². The lowest BCUT2D eigenvalue weighted by atomic mass is 10.2. The Morgan fingerprint density at radius 1 is 1.40 bits per heavy atom. The van der Waals surface area contributed by atoms with Gasteiger partial charge in [-0.15, -0.1) is 0 Å². The minimum Gasteiger partial charge on any atom is -0.314 e. The summed E-state index contributed by atoms with van der Waals surface area (Å²) in [6.07, 6.45) is 3.42. The minimum atomic E-state index is -3.23. The Morgan fingerprint density at radius 2 is 2.15 bits per heavy atom. The SMILES string of the molecule is Cc1cnccc1CNS(=O)(=O)CCN1CCNCC1. The van der Waals surface area contributed by atoms with Crippen molar-refractivity contribution in [1.29, 1.82) is 0 Å². The molecule has 0 spiro atoms. The van der Waals surface area contributed by atoms with Crippen molar-refractivity contribution in [1.82, 2.24) is 19.9 Å². The van der Waals surface area contributed by atoms with Crippen molar-refractivity contribution in [3.05, 3.63) is 29.6 Å². The van der Waals surface area contributed by atoms with Gasteiger partial charge in [-0.3, -0.25) is 9.88 Å². The molecular weight excluding hydrogens is 276 g/mol. The van der Waals surface area contributed by atoms with Crippen molar-refractivity contribution in [3.63, 3.8) is 0 Å². The van der Waals surface area contributed by atoms with E-state index in [-0.39, 0.29) is 5.75 Å². The summed E-state index contributed by atoms with van der Waals surface area (Å²) in [4.78, 5) is 6.17. The van der Waals surface area contributed by atoms with Crippen LogP contribution in [-0.2, 0) is 16.6 Å². The monoisotopic (exact) mass is 298 g/mol. The van der Waals surface area contributed by atoms with Gasteiger partial charge >= 0.3 is 0 Å². The van der Waals surface area contributed by atoms with Crippen LogP contribution < -0.4 is 10.0 Å². The Labute approximate surface area is 120 Å². The Kier molecular flexibility index (Phi) is 5.47. The lowest BCUT2D eigenvalue weighted by Gasteiger charge is -2.26. The van der Waals surface area contributed by atoms with Crippen LogP contribution in [0.4, 0.5) is 0 Å². The summed E-state index contributed by atoms with van der Waals surface area (Å²) in [6.45, 7) is 6.55. The van der Waals surface area contributed by atoms with Crippen LogP contribution in [0, 0.1) is 6.92 Å². The van der Waals surface area contributed by atoms with Crippen molar-refractivity contribution in [2.45, 2.75) is 13.5 Å². The third-order valence-corrected chi connectivity index (χ3v) is 4.81. The lowest BCUT2D eigenvalue weighted by Crippen LogP contribution is -2.45. The van der Waals surface area contributed by atoms with Crippen LogP contribution in [0.3, 0.4) is 0 Å². The lowest BCUT2D eigenvalue weighted by molar-refractivity contribution is 0.253. The molecule has 7 heteroatoms. The van der Waals surface area contributed by atoms with Gasteiger partial charge in [-0.25, -0.2) is 13.1 Å². The molecule has 2 rings (SSSR count). The highest BCUT2D eigenvalue weighted by atomic mass is 32.2. The maximum Gasteiger partial charge on any atom is 0.213 e. The summed E-state index contributed by atoms with van der Waals surface area (Å²) in [5.41, 5.74) is 1.96. The zero-order chi connectivity index (χ0) is 14.4. The first-order chi connectivity index (χ1) is 9.57. The maximum atomic E-state index is 12.0. The summed E-state index contributed by atoms with van der Waals surface area (Å²) < 4.78 is 26.6. The Bertz CT molecular complexity index is 527. The number of piperazine rings is 1. The van der Waals surface area contributed by atoms with E-state index in [1.807, 2.05) is 13.0 Å². The first kappa shape index (κ1) is 15.4. The zero-order valence-corrected chi connectivity index (χ0v) is 12.6. The molecule has 20 heavy (non-hydrogen) atoms. The van der Waals surface area contributed by atoms with Crippen LogP contribution in [0.2, 0.25) is 0 Å². The van der Waals surface area contributed by atoms with Gasteiger partial charge in [0.05, 0.1) is 5.75 Å². The van der Waals surface area contributed by atoms with Crippen LogP contribution in [0.1, 0.15) is 11.1 Å². The van der Waals surface area contributed by atoms with Gasteiger partial charge in [-0.1, -0.05) is 0 Å². The Balaban J connectivity index is 1.80. The number of hydrogen-bond donors (Lipinski definition) is 2. The van der Waals surface area contributed by atoms with Crippen LogP contribution in [-0.4, -0.2) is 56.8 Å². The number of nitrogens with one attached hydrogen (secondary N) is 2. The zero-order valence-electron chi connectivity index (χ0n) is 11.8. The molecule has 0 unspecified atom stereocenters. The largest absolute Gasteiger partial charge is 0.314 e. The molecule has 1 aromatic heterocycles. The smallest absolute Gasteiger partial charge is 0.213 e. The second-order valence-electron chi connectivity index (χ2n) is 5.03. The third-order valence-electron chi connectivity index (χ3n) is 3.50. The van der Waals surface area contributed by atoms with Gasteiger partial charge in [0, 0.05) is 51.7 Å². The summed E-state index contributed by atoms with van der Waals surface area (Å²) in [6, 6.07) is 1.84. The minimum absolute atomic E-state index is 0.150. The van der Waals surface area contributed by atoms with Gasteiger partial charge in [0.1, 0.15) is 0 Å². The summed E-state index contributed by atoms with van der Waals surface area (Å²) in [5, 5.41) is 3.25. The number of nitrogens with zero attached hydrogens (tertiary/aromatic N) is 2. The van der Waals surface area contributed by atoms with Gasteiger partial charge in [0.15, 0.2) is 0 Å². The average Bonchev–Trinajstić information content (AvgIpc) is 2.46. The molecule has 6 nitrogen and oxygen atoms in total. The topological polar surface area (TPSA) is 74.3 Å². The van der Waals surface area contributed by atoms with E-state index in [4.69, 9.17) is 0 Å². The van der Waals surface area contributed by atoms with Gasteiger partial charge < -0.3 is 5.32 Å². The molecule has 112 valence electrons. The molecular formula is C13H22N4O2S. The molecule has 1 fully saturated rings. The second kappa shape index (κ2) is 7.12. The van der Waals surface area contributed by atoms with E-state index >= 15 is 0 Å². The van der Waals surface area contributed by atoms with E-state index in [1.165, 1.54) is 0 Å². The van der Waals surface area contributed by atoms with Gasteiger partial charge in [-0.2, -0.15) is 0 Å². The molecule has 1 saturated heterocycles. The van der Waals surface area contributed by atoms with Crippen LogP contribution in [0.5, 0.6) is 0 Å². The number of pyridine rings is 1. The molecule has 0 atom stereocenters. The summed E-state index contributed by atoms with van der Waals surface area (Å²) >= 11 is 0. The fourth-order valence-electron chi connectivity index (χ4n) is 2.14. The predicted octanol–water partition coefficient (Wildman–Crippen LogP) is -0.285. The molecule has 0 saturated carbocycles. The van der Waals surface area contributed by atoms with E-state index in [9.17, 15) is 8.42 Å². The summed E-state index contributed by atoms with van der Waals surface area (Å²) in [5.74, 6) is 0.150. The highest BCUT2D eigenvalue weighted by Crippen LogP contribution is 2.05. The molecule has 1 aliphatic rings. The third kappa shape index (κ3) is 4.82. The number of aryl methyl sites for hydroxylation is 1. The summed E-state index contributed by atoms with van der Waals surface area (Å²) in [7, 11) is -3.23. The van der Waals surface area contributed by atoms with Crippen molar-refractivity contribution in [3.8, 4) is 0 Å². The van der Waals surface area contributed by atoms with Crippen LogP contribution >= 0.6 is 0 Å². The molecule has 0 aromatic carbocycles. The Morgan fingerprint density at radius 3 is 2.85 bits per heavy atom. The molecule has 0 bridgehead atoms. The maximum absolute atomic E-state index is 12.0. The van der Waals surface area contributed by atoms with Gasteiger partial charge in [0.25, 0.3) is 0 Å². The Hall–Kier alpha value is -1.02. The van der Waals surface area contributed by atoms with E-state index < -0.39 is 10.0 Å². The first-order valence-corrected chi connectivity index (χ1v) is 8.52. The van der Waals surface area contributed by atoms with Gasteiger partial charge in [-0.05, 0) is 24.1 Å². The predicted molar refractivity (Wildman–Crippen MR) is 78.9 cm³/mol. The van der Waals surface area contributed by atoms with Crippen molar-refractivity contribution in [2.75, 3.05) is 38.5 Å². The highest BCUT2D eigenvalue weighted by Gasteiger charge is 2.15. The molecule has 0 amide bonds. The van der Waals surface area contributed by atoms with Crippen molar-refractivity contribution in [2.24, 2.45) is 0 Å². The molecule has 1 aromatic rings. The van der Waals surface area contributed by atoms with E-state index in [0.717, 1.165) is 37.3 Å². The molecule has 1 aliphatic heterocycles. The normalized spacial score (nSPS) is 17.2. The fourth-order valence-corrected chi connectivity index (χ4v) is 3.16. The van der Waals surface area contributed by atoms with E-state index in [1.54, 1.807) is 12.4 Å². The number of sulfonamides is 1. The van der Waals surface area contributed by atoms with E-state index in [0.29, 0.717) is 13.1 Å². The molecule has 0 aliphatic carbocycles. The van der Waals surface area contributed by atoms with Crippen molar-refractivity contribution >= 4 is 10.0 Å². The molecule has 2 N–H and O–H groups in total. The number of aromatic nitrogens is 1. The highest BCUT2D eigenvalue weighted by molar-refractivity contribution is 7.89. The van der Waals surface area contributed by atoms with Crippen LogP contribution in [0.15, 0.2) is 18.5 Å². The second-order valence-corrected chi connectivity index (χ2v) is 6.96. The first-order valence-electron chi connectivity index (χ1n) is 6.87. The quantitative estimate of drug-likeness (QED) is 0.755. The number of rotatable bonds is 6. The number of hydrogen-bond acceptors (Lipinski definition) is 5. The molecule has 2 heterocycles. The van der Waals surface area contributed by atoms with E-state index in [2.05, 4.69) is 19.9 Å². The standard InChI is InChI=1S/C13H22N4O2S/c1-12-10-15-3-2-13(12)11-16-20(18,19)9-8-17-6-4-14-5-7-17/h2-3,10,14,16H,4-9,11H2,1H3. The fraction of sp³-hybridized carbons (Fsp3) is 0.615. The average molecular weight is 298 g/mol.